The van der Waals surface area contributed by atoms with E-state index in [2.05, 4.69) is 20.8 Å². The van der Waals surface area contributed by atoms with E-state index >= 15 is 0 Å². The molecule has 1 atom stereocenters. The molecule has 0 aliphatic carbocycles. The molecule has 0 bridgehead atoms. The van der Waals surface area contributed by atoms with Gasteiger partial charge >= 0.3 is 5.97 Å². The molecule has 4 nitrogen and oxygen atoms in total. The summed E-state index contributed by atoms with van der Waals surface area (Å²) < 4.78 is 0. The molecule has 0 aromatic carbocycles. The predicted octanol–water partition coefficient (Wildman–Crippen LogP) is 3.02. The zero-order valence-corrected chi connectivity index (χ0v) is 13.0. The largest absolute Gasteiger partial charge is 0.481 e. The molecule has 0 spiro atoms. The van der Waals surface area contributed by atoms with Gasteiger partial charge in [0.15, 0.2) is 0 Å². The molecule has 1 unspecified atom stereocenters. The van der Waals surface area contributed by atoms with Crippen LogP contribution >= 0.6 is 0 Å². The number of carbonyl (C=O) groups is 2. The average Bonchev–Trinajstić information content (AvgIpc) is 2.21. The van der Waals surface area contributed by atoms with Crippen LogP contribution in [0.4, 0.5) is 0 Å². The molecule has 0 rings (SSSR count). The van der Waals surface area contributed by atoms with Gasteiger partial charge in [-0.1, -0.05) is 34.6 Å². The van der Waals surface area contributed by atoms with Crippen molar-refractivity contribution in [2.24, 2.45) is 17.8 Å². The van der Waals surface area contributed by atoms with Crippen LogP contribution in [-0.4, -0.2) is 35.0 Å². The number of hydrogen-bond donors (Lipinski definition) is 1. The van der Waals surface area contributed by atoms with Gasteiger partial charge in [0.2, 0.25) is 5.91 Å². The van der Waals surface area contributed by atoms with Gasteiger partial charge in [-0.15, -0.1) is 0 Å². The van der Waals surface area contributed by atoms with Gasteiger partial charge in [0, 0.05) is 19.5 Å². The highest BCUT2D eigenvalue weighted by atomic mass is 16.4. The number of rotatable bonds is 9. The van der Waals surface area contributed by atoms with Crippen LogP contribution in [0.5, 0.6) is 0 Å². The minimum Gasteiger partial charge on any atom is -0.481 e. The summed E-state index contributed by atoms with van der Waals surface area (Å²) in [6.45, 7) is 11.4. The van der Waals surface area contributed by atoms with Crippen molar-refractivity contribution in [1.29, 1.82) is 0 Å². The molecule has 0 saturated carbocycles. The van der Waals surface area contributed by atoms with Gasteiger partial charge in [0.1, 0.15) is 0 Å². The summed E-state index contributed by atoms with van der Waals surface area (Å²) in [4.78, 5) is 24.6. The molecule has 1 amide bonds. The lowest BCUT2D eigenvalue weighted by atomic mass is 9.95. The van der Waals surface area contributed by atoms with Gasteiger partial charge in [0.05, 0.1) is 6.42 Å². The zero-order chi connectivity index (χ0) is 15.0. The Kier molecular flexibility index (Phi) is 8.44. The highest BCUT2D eigenvalue weighted by molar-refractivity contribution is 5.77. The maximum Gasteiger partial charge on any atom is 0.305 e. The first-order valence-electron chi connectivity index (χ1n) is 7.21. The second-order valence-electron chi connectivity index (χ2n) is 6.32. The third-order valence-corrected chi connectivity index (χ3v) is 2.93. The zero-order valence-electron chi connectivity index (χ0n) is 13.0. The molecular formula is C15H29NO3. The molecule has 0 heterocycles. The second kappa shape index (κ2) is 8.94. The molecule has 112 valence electrons. The minimum atomic E-state index is -0.850. The van der Waals surface area contributed by atoms with E-state index < -0.39 is 5.97 Å². The van der Waals surface area contributed by atoms with Crippen LogP contribution in [0.25, 0.3) is 0 Å². The molecule has 0 aliphatic heterocycles. The molecule has 19 heavy (non-hydrogen) atoms. The van der Waals surface area contributed by atoms with Crippen LogP contribution in [0.1, 0.15) is 53.9 Å². The van der Waals surface area contributed by atoms with Crippen LogP contribution < -0.4 is 0 Å². The smallest absolute Gasteiger partial charge is 0.305 e. The van der Waals surface area contributed by atoms with Gasteiger partial charge < -0.3 is 10.0 Å². The molecule has 0 saturated heterocycles. The Labute approximate surface area is 117 Å². The van der Waals surface area contributed by atoms with E-state index in [-0.39, 0.29) is 12.3 Å². The summed E-state index contributed by atoms with van der Waals surface area (Å²) in [6.07, 6.45) is 1.57. The third kappa shape index (κ3) is 9.51. The number of carbonyl (C=O) groups excluding carboxylic acids is 1. The van der Waals surface area contributed by atoms with E-state index in [4.69, 9.17) is 5.11 Å². The lowest BCUT2D eigenvalue weighted by Gasteiger charge is -2.26. The normalized spacial score (nSPS) is 12.8. The standard InChI is InChI=1S/C15H29NO3/c1-11(2)8-13(5)9-14(17)16(10-12(3)4)7-6-15(18)19/h11-13H,6-10H2,1-5H3,(H,18,19). The number of nitrogens with zero attached hydrogens (tertiary/aromatic N) is 1. The van der Waals surface area contributed by atoms with Crippen LogP contribution in [0.15, 0.2) is 0 Å². The number of aliphatic carboxylic acids is 1. The van der Waals surface area contributed by atoms with Crippen molar-refractivity contribution in [1.82, 2.24) is 4.90 Å². The minimum absolute atomic E-state index is 0.0248. The van der Waals surface area contributed by atoms with E-state index in [0.29, 0.717) is 37.3 Å². The summed E-state index contributed by atoms with van der Waals surface area (Å²) >= 11 is 0. The number of amides is 1. The SMILES string of the molecule is CC(C)CC(C)CC(=O)N(CCC(=O)O)CC(C)C. The van der Waals surface area contributed by atoms with Crippen LogP contribution in [-0.2, 0) is 9.59 Å². The van der Waals surface area contributed by atoms with E-state index in [9.17, 15) is 9.59 Å². The average molecular weight is 271 g/mol. The molecule has 0 aromatic rings. The Balaban J connectivity index is 4.39. The Hall–Kier alpha value is -1.06. The van der Waals surface area contributed by atoms with Gasteiger partial charge in [-0.3, -0.25) is 9.59 Å². The Morgan fingerprint density at radius 2 is 1.63 bits per heavy atom. The lowest BCUT2D eigenvalue weighted by Crippen LogP contribution is -2.36. The predicted molar refractivity (Wildman–Crippen MR) is 76.9 cm³/mol. The molecule has 0 aromatic heterocycles. The van der Waals surface area contributed by atoms with E-state index in [1.54, 1.807) is 4.90 Å². The van der Waals surface area contributed by atoms with Crippen LogP contribution in [0, 0.1) is 17.8 Å². The lowest BCUT2D eigenvalue weighted by molar-refractivity contribution is -0.139. The fraction of sp³-hybridized carbons (Fsp3) is 0.867. The van der Waals surface area contributed by atoms with Crippen molar-refractivity contribution in [3.05, 3.63) is 0 Å². The fourth-order valence-electron chi connectivity index (χ4n) is 2.30. The molecular weight excluding hydrogens is 242 g/mol. The second-order valence-corrected chi connectivity index (χ2v) is 6.32. The number of carboxylic acid groups (broad SMARTS) is 1. The quantitative estimate of drug-likeness (QED) is 0.701. The first kappa shape index (κ1) is 17.9. The van der Waals surface area contributed by atoms with Crippen molar-refractivity contribution in [2.45, 2.75) is 53.9 Å². The highest BCUT2D eigenvalue weighted by Gasteiger charge is 2.19. The maximum atomic E-state index is 12.2. The van der Waals surface area contributed by atoms with E-state index in [0.717, 1.165) is 6.42 Å². The molecule has 0 fully saturated rings. The molecule has 1 N–H and O–H groups in total. The number of hydrogen-bond acceptors (Lipinski definition) is 2. The van der Waals surface area contributed by atoms with Crippen molar-refractivity contribution in [2.75, 3.05) is 13.1 Å². The summed E-state index contributed by atoms with van der Waals surface area (Å²) in [7, 11) is 0. The topological polar surface area (TPSA) is 57.6 Å². The first-order chi connectivity index (χ1) is 8.72. The Morgan fingerprint density at radius 3 is 2.05 bits per heavy atom. The monoisotopic (exact) mass is 271 g/mol. The Bertz CT molecular complexity index is 287. The van der Waals surface area contributed by atoms with E-state index in [1.165, 1.54) is 0 Å². The molecule has 4 heteroatoms. The van der Waals surface area contributed by atoms with Gasteiger partial charge in [-0.25, -0.2) is 0 Å². The van der Waals surface area contributed by atoms with Crippen molar-refractivity contribution >= 4 is 11.9 Å². The van der Waals surface area contributed by atoms with Crippen LogP contribution in [0.2, 0.25) is 0 Å². The first-order valence-corrected chi connectivity index (χ1v) is 7.21. The Morgan fingerprint density at radius 1 is 1.05 bits per heavy atom. The van der Waals surface area contributed by atoms with Gasteiger partial charge in [-0.2, -0.15) is 0 Å². The summed E-state index contributed by atoms with van der Waals surface area (Å²) in [5.74, 6) is 0.533. The van der Waals surface area contributed by atoms with Gasteiger partial charge in [0.25, 0.3) is 0 Å². The van der Waals surface area contributed by atoms with Crippen molar-refractivity contribution < 1.29 is 14.7 Å². The summed E-state index contributed by atoms with van der Waals surface area (Å²) in [5.41, 5.74) is 0. The van der Waals surface area contributed by atoms with Crippen molar-refractivity contribution in [3.63, 3.8) is 0 Å². The number of carboxylic acids is 1. The summed E-state index contributed by atoms with van der Waals surface area (Å²) in [5, 5.41) is 8.74. The van der Waals surface area contributed by atoms with Crippen molar-refractivity contribution in [3.8, 4) is 0 Å². The maximum absolute atomic E-state index is 12.2. The van der Waals surface area contributed by atoms with Crippen LogP contribution in [0.3, 0.4) is 0 Å². The van der Waals surface area contributed by atoms with E-state index in [1.807, 2.05) is 13.8 Å². The fourth-order valence-corrected chi connectivity index (χ4v) is 2.30. The highest BCUT2D eigenvalue weighted by Crippen LogP contribution is 2.16. The summed E-state index contributed by atoms with van der Waals surface area (Å²) in [6, 6.07) is 0. The molecule has 0 aliphatic rings. The third-order valence-electron chi connectivity index (χ3n) is 2.93. The molecule has 0 radical (unpaired) electrons. The van der Waals surface area contributed by atoms with Gasteiger partial charge in [-0.05, 0) is 24.2 Å².